The smallest absolute Gasteiger partial charge is 0.219 e. The summed E-state index contributed by atoms with van der Waals surface area (Å²) in [5.74, 6) is 1.19. The van der Waals surface area contributed by atoms with E-state index >= 15 is 0 Å². The third kappa shape index (κ3) is 6.21. The number of hydrogen-bond donors (Lipinski definition) is 3. The standard InChI is InChI=1S/C19H27N5O.2ClH/c1-21-16-4-6-17(7-5-16)22-10-14-9-13(3-8-18(14)25-2)15-11-23-19(20)24-12-15;;/h3,8-9,11-12,16-17,21-22H,4-7,10H2,1-2H3,(H2,20,23,24);2*1H. The number of methoxy groups -OCH3 is 1. The van der Waals surface area contributed by atoms with Crippen molar-refractivity contribution in [2.75, 3.05) is 19.9 Å². The third-order valence-corrected chi connectivity index (χ3v) is 5.00. The van der Waals surface area contributed by atoms with Crippen molar-refractivity contribution in [1.29, 1.82) is 0 Å². The summed E-state index contributed by atoms with van der Waals surface area (Å²) in [6.45, 7) is 0.793. The second-order valence-electron chi connectivity index (χ2n) is 6.57. The Morgan fingerprint density at radius 3 is 2.26 bits per heavy atom. The van der Waals surface area contributed by atoms with Gasteiger partial charge in [-0.15, -0.1) is 24.8 Å². The van der Waals surface area contributed by atoms with Gasteiger partial charge in [0.1, 0.15) is 5.75 Å². The van der Waals surface area contributed by atoms with E-state index in [0.29, 0.717) is 12.1 Å². The quantitative estimate of drug-likeness (QED) is 0.673. The summed E-state index contributed by atoms with van der Waals surface area (Å²) in [7, 11) is 3.76. The summed E-state index contributed by atoms with van der Waals surface area (Å²) in [4.78, 5) is 8.15. The lowest BCUT2D eigenvalue weighted by atomic mass is 9.91. The predicted molar refractivity (Wildman–Crippen MR) is 115 cm³/mol. The Balaban J connectivity index is 0.00000182. The maximum atomic E-state index is 5.57. The lowest BCUT2D eigenvalue weighted by Gasteiger charge is -2.29. The monoisotopic (exact) mass is 413 g/mol. The van der Waals surface area contributed by atoms with Gasteiger partial charge in [0.15, 0.2) is 0 Å². The summed E-state index contributed by atoms with van der Waals surface area (Å²) in [5, 5.41) is 7.06. The first-order valence-electron chi connectivity index (χ1n) is 8.85. The number of aromatic nitrogens is 2. The van der Waals surface area contributed by atoms with Gasteiger partial charge in [0.25, 0.3) is 0 Å². The molecule has 0 unspecified atom stereocenters. The number of nitrogen functional groups attached to an aromatic ring is 1. The Hall–Kier alpha value is -1.60. The van der Waals surface area contributed by atoms with Crippen LogP contribution in [0.15, 0.2) is 30.6 Å². The van der Waals surface area contributed by atoms with Crippen LogP contribution < -0.4 is 21.1 Å². The highest BCUT2D eigenvalue weighted by Gasteiger charge is 2.19. The maximum Gasteiger partial charge on any atom is 0.219 e. The number of nitrogens with one attached hydrogen (secondary N) is 2. The molecule has 0 bridgehead atoms. The molecule has 0 saturated heterocycles. The fraction of sp³-hybridized carbons (Fsp3) is 0.474. The highest BCUT2D eigenvalue weighted by Crippen LogP contribution is 2.27. The first kappa shape index (κ1) is 23.4. The van der Waals surface area contributed by atoms with Crippen molar-refractivity contribution in [2.24, 2.45) is 0 Å². The molecule has 1 fully saturated rings. The minimum absolute atomic E-state index is 0. The van der Waals surface area contributed by atoms with Gasteiger partial charge in [0, 0.05) is 42.1 Å². The van der Waals surface area contributed by atoms with E-state index in [1.54, 1.807) is 19.5 Å². The molecule has 1 aliphatic rings. The van der Waals surface area contributed by atoms with Crippen LogP contribution in [0.2, 0.25) is 0 Å². The number of nitrogens with two attached hydrogens (primary N) is 1. The molecular weight excluding hydrogens is 385 g/mol. The van der Waals surface area contributed by atoms with Crippen LogP contribution in [-0.4, -0.2) is 36.2 Å². The molecule has 3 rings (SSSR count). The topological polar surface area (TPSA) is 85.1 Å². The van der Waals surface area contributed by atoms with Crippen molar-refractivity contribution >= 4 is 30.8 Å². The van der Waals surface area contributed by atoms with Crippen molar-refractivity contribution < 1.29 is 4.74 Å². The zero-order valence-electron chi connectivity index (χ0n) is 15.8. The number of nitrogens with zero attached hydrogens (tertiary/aromatic N) is 2. The average Bonchev–Trinajstić information content (AvgIpc) is 2.67. The number of benzene rings is 1. The zero-order chi connectivity index (χ0) is 17.6. The van der Waals surface area contributed by atoms with E-state index < -0.39 is 0 Å². The summed E-state index contributed by atoms with van der Waals surface area (Å²) in [5.41, 5.74) is 8.74. The minimum atomic E-state index is 0. The summed E-state index contributed by atoms with van der Waals surface area (Å²) in [6, 6.07) is 7.40. The SMILES string of the molecule is CNC1CCC(NCc2cc(-c3cnc(N)nc3)ccc2OC)CC1.Cl.Cl. The van der Waals surface area contributed by atoms with Crippen molar-refractivity contribution in [3.05, 3.63) is 36.2 Å². The van der Waals surface area contributed by atoms with Crippen LogP contribution in [-0.2, 0) is 6.54 Å². The molecule has 0 spiro atoms. The molecule has 1 saturated carbocycles. The van der Waals surface area contributed by atoms with Crippen molar-refractivity contribution in [2.45, 2.75) is 44.3 Å². The Morgan fingerprint density at radius 1 is 1.04 bits per heavy atom. The molecule has 27 heavy (non-hydrogen) atoms. The van der Waals surface area contributed by atoms with E-state index in [-0.39, 0.29) is 30.8 Å². The highest BCUT2D eigenvalue weighted by atomic mass is 35.5. The molecule has 4 N–H and O–H groups in total. The van der Waals surface area contributed by atoms with Gasteiger partial charge >= 0.3 is 0 Å². The van der Waals surface area contributed by atoms with E-state index in [0.717, 1.165) is 29.0 Å². The van der Waals surface area contributed by atoms with Crippen molar-refractivity contribution in [3.8, 4) is 16.9 Å². The predicted octanol–water partition coefficient (Wildman–Crippen LogP) is 3.20. The molecule has 8 heteroatoms. The van der Waals surface area contributed by atoms with Crippen LogP contribution in [0.25, 0.3) is 11.1 Å². The van der Waals surface area contributed by atoms with E-state index in [9.17, 15) is 0 Å². The van der Waals surface area contributed by atoms with E-state index in [1.165, 1.54) is 25.7 Å². The molecule has 2 aromatic rings. The average molecular weight is 414 g/mol. The molecule has 0 radical (unpaired) electrons. The highest BCUT2D eigenvalue weighted by molar-refractivity contribution is 5.85. The number of rotatable bonds is 6. The number of halogens is 2. The van der Waals surface area contributed by atoms with Crippen LogP contribution in [0.3, 0.4) is 0 Å². The lowest BCUT2D eigenvalue weighted by Crippen LogP contribution is -2.38. The summed E-state index contributed by atoms with van der Waals surface area (Å²) in [6.07, 6.45) is 8.38. The second kappa shape index (κ2) is 11.3. The van der Waals surface area contributed by atoms with Gasteiger partial charge in [0.05, 0.1) is 7.11 Å². The second-order valence-corrected chi connectivity index (χ2v) is 6.57. The molecule has 0 atom stereocenters. The Bertz CT molecular complexity index is 691. The van der Waals surface area contributed by atoms with Gasteiger partial charge < -0.3 is 21.1 Å². The molecular formula is C19H29Cl2N5O. The lowest BCUT2D eigenvalue weighted by molar-refractivity contribution is 0.315. The maximum absolute atomic E-state index is 5.57. The molecule has 1 aromatic heterocycles. The van der Waals surface area contributed by atoms with Gasteiger partial charge in [-0.05, 0) is 50.4 Å². The molecule has 1 heterocycles. The van der Waals surface area contributed by atoms with E-state index in [2.05, 4.69) is 33.7 Å². The number of hydrogen-bond acceptors (Lipinski definition) is 6. The van der Waals surface area contributed by atoms with Gasteiger partial charge in [-0.3, -0.25) is 0 Å². The van der Waals surface area contributed by atoms with Crippen molar-refractivity contribution in [3.63, 3.8) is 0 Å². The Kier molecular flexibility index (Phi) is 9.80. The van der Waals surface area contributed by atoms with E-state index in [1.807, 2.05) is 12.1 Å². The first-order chi connectivity index (χ1) is 12.2. The Labute approximate surface area is 173 Å². The summed E-state index contributed by atoms with van der Waals surface area (Å²) >= 11 is 0. The van der Waals surface area contributed by atoms with Crippen LogP contribution in [0.1, 0.15) is 31.2 Å². The van der Waals surface area contributed by atoms with Crippen LogP contribution in [0.4, 0.5) is 5.95 Å². The molecule has 6 nitrogen and oxygen atoms in total. The van der Waals surface area contributed by atoms with Gasteiger partial charge in [-0.1, -0.05) is 6.07 Å². The van der Waals surface area contributed by atoms with Gasteiger partial charge in [-0.25, -0.2) is 9.97 Å². The molecule has 1 aliphatic carbocycles. The molecule has 0 aliphatic heterocycles. The fourth-order valence-electron chi connectivity index (χ4n) is 3.42. The largest absolute Gasteiger partial charge is 0.496 e. The van der Waals surface area contributed by atoms with Gasteiger partial charge in [-0.2, -0.15) is 0 Å². The fourth-order valence-corrected chi connectivity index (χ4v) is 3.42. The van der Waals surface area contributed by atoms with E-state index in [4.69, 9.17) is 10.5 Å². The number of anilines is 1. The van der Waals surface area contributed by atoms with Gasteiger partial charge in [0.2, 0.25) is 5.95 Å². The normalized spacial score (nSPS) is 18.9. The van der Waals surface area contributed by atoms with Crippen molar-refractivity contribution in [1.82, 2.24) is 20.6 Å². The first-order valence-corrected chi connectivity index (χ1v) is 8.85. The molecule has 150 valence electrons. The zero-order valence-corrected chi connectivity index (χ0v) is 17.4. The number of ether oxygens (including phenoxy) is 1. The minimum Gasteiger partial charge on any atom is -0.496 e. The summed E-state index contributed by atoms with van der Waals surface area (Å²) < 4.78 is 5.53. The molecule has 0 amide bonds. The molecule has 1 aromatic carbocycles. The van der Waals surface area contributed by atoms with Crippen LogP contribution >= 0.6 is 24.8 Å². The van der Waals surface area contributed by atoms with Crippen LogP contribution in [0.5, 0.6) is 5.75 Å². The van der Waals surface area contributed by atoms with Crippen LogP contribution in [0, 0.1) is 0 Å². The Morgan fingerprint density at radius 2 is 1.67 bits per heavy atom. The third-order valence-electron chi connectivity index (χ3n) is 5.00.